The van der Waals surface area contributed by atoms with Crippen molar-refractivity contribution in [2.45, 2.75) is 25.7 Å². The van der Waals surface area contributed by atoms with Crippen LogP contribution in [0.1, 0.15) is 46.4 Å². The molecule has 2 amide bonds. The van der Waals surface area contributed by atoms with Crippen molar-refractivity contribution in [1.82, 2.24) is 10.4 Å². The largest absolute Gasteiger partial charge is 0.448 e. The summed E-state index contributed by atoms with van der Waals surface area (Å²) < 4.78 is 5.07. The standard InChI is InChI=1S/C16H16N2O5/c19-11-7-5-10(6-8-11)16(22)23-9-17-18-14(20)12-3-1-2-4-13(12)15(18)21/h1-4,10,17H,5-9H2. The van der Waals surface area contributed by atoms with E-state index in [1.54, 1.807) is 24.3 Å². The van der Waals surface area contributed by atoms with Gasteiger partial charge in [0.15, 0.2) is 6.73 Å². The zero-order valence-electron chi connectivity index (χ0n) is 12.4. The van der Waals surface area contributed by atoms with Gasteiger partial charge in [-0.1, -0.05) is 12.1 Å². The molecule has 0 saturated heterocycles. The predicted octanol–water partition coefficient (Wildman–Crippen LogP) is 1.05. The molecule has 2 aliphatic rings. The molecule has 23 heavy (non-hydrogen) atoms. The number of ketones is 1. The van der Waals surface area contributed by atoms with Crippen LogP contribution in [-0.4, -0.2) is 35.3 Å². The van der Waals surface area contributed by atoms with E-state index in [2.05, 4.69) is 5.43 Å². The van der Waals surface area contributed by atoms with Gasteiger partial charge in [-0.15, -0.1) is 0 Å². The smallest absolute Gasteiger partial charge is 0.310 e. The van der Waals surface area contributed by atoms with E-state index in [0.29, 0.717) is 36.8 Å². The Morgan fingerprint density at radius 2 is 1.65 bits per heavy atom. The van der Waals surface area contributed by atoms with Crippen molar-refractivity contribution >= 4 is 23.6 Å². The molecule has 0 radical (unpaired) electrons. The van der Waals surface area contributed by atoms with Gasteiger partial charge in [-0.25, -0.2) is 5.01 Å². The summed E-state index contributed by atoms with van der Waals surface area (Å²) in [5.41, 5.74) is 3.17. The van der Waals surface area contributed by atoms with Gasteiger partial charge >= 0.3 is 5.97 Å². The number of benzene rings is 1. The van der Waals surface area contributed by atoms with Gasteiger partial charge in [-0.2, -0.15) is 5.43 Å². The van der Waals surface area contributed by atoms with Crippen LogP contribution in [0.5, 0.6) is 0 Å². The molecule has 0 unspecified atom stereocenters. The van der Waals surface area contributed by atoms with Crippen molar-refractivity contribution in [1.29, 1.82) is 0 Å². The molecule has 0 aromatic heterocycles. The average Bonchev–Trinajstić information content (AvgIpc) is 2.81. The molecule has 0 atom stereocenters. The molecule has 1 fully saturated rings. The molecule has 0 spiro atoms. The first kappa shape index (κ1) is 15.4. The van der Waals surface area contributed by atoms with Crippen molar-refractivity contribution in [2.75, 3.05) is 6.73 Å². The quantitative estimate of drug-likeness (QED) is 0.507. The first-order chi connectivity index (χ1) is 11.1. The normalized spacial score (nSPS) is 18.3. The Bertz CT molecular complexity index is 640. The first-order valence-corrected chi connectivity index (χ1v) is 7.47. The van der Waals surface area contributed by atoms with Gasteiger partial charge in [0, 0.05) is 12.8 Å². The predicted molar refractivity (Wildman–Crippen MR) is 78.0 cm³/mol. The molecule has 7 nitrogen and oxygen atoms in total. The summed E-state index contributed by atoms with van der Waals surface area (Å²) in [6.07, 6.45) is 1.77. The fraction of sp³-hybridized carbons (Fsp3) is 0.375. The summed E-state index contributed by atoms with van der Waals surface area (Å²) in [6.45, 7) is -0.269. The lowest BCUT2D eigenvalue weighted by atomic mass is 9.89. The molecule has 1 aromatic carbocycles. The Morgan fingerprint density at radius 1 is 1.09 bits per heavy atom. The van der Waals surface area contributed by atoms with Crippen LogP contribution < -0.4 is 5.43 Å². The summed E-state index contributed by atoms with van der Waals surface area (Å²) in [7, 11) is 0. The highest BCUT2D eigenvalue weighted by atomic mass is 16.5. The number of carbonyl (C=O) groups is 4. The van der Waals surface area contributed by atoms with Crippen molar-refractivity contribution in [3.63, 3.8) is 0 Å². The molecular weight excluding hydrogens is 300 g/mol. The van der Waals surface area contributed by atoms with Gasteiger partial charge < -0.3 is 4.74 Å². The summed E-state index contributed by atoms with van der Waals surface area (Å²) >= 11 is 0. The van der Waals surface area contributed by atoms with E-state index in [9.17, 15) is 19.2 Å². The Morgan fingerprint density at radius 3 is 2.22 bits per heavy atom. The van der Waals surface area contributed by atoms with Crippen LogP contribution in [0, 0.1) is 5.92 Å². The SMILES string of the molecule is O=C1CCC(C(=O)OCNN2C(=O)c3ccccc3C2=O)CC1. The van der Waals surface area contributed by atoms with Crippen LogP contribution in [0.25, 0.3) is 0 Å². The van der Waals surface area contributed by atoms with Crippen molar-refractivity contribution in [2.24, 2.45) is 5.92 Å². The van der Waals surface area contributed by atoms with E-state index < -0.39 is 17.8 Å². The van der Waals surface area contributed by atoms with Crippen LogP contribution in [0.3, 0.4) is 0 Å². The highest BCUT2D eigenvalue weighted by Gasteiger charge is 2.35. The third-order valence-corrected chi connectivity index (χ3v) is 4.11. The number of nitrogens with one attached hydrogen (secondary N) is 1. The lowest BCUT2D eigenvalue weighted by molar-refractivity contribution is -0.151. The zero-order chi connectivity index (χ0) is 16.4. The molecule has 120 valence electrons. The van der Waals surface area contributed by atoms with Gasteiger partial charge in [-0.05, 0) is 25.0 Å². The van der Waals surface area contributed by atoms with Crippen LogP contribution in [-0.2, 0) is 14.3 Å². The minimum absolute atomic E-state index is 0.165. The number of nitrogens with zero attached hydrogens (tertiary/aromatic N) is 1. The number of hydrogen-bond donors (Lipinski definition) is 1. The van der Waals surface area contributed by atoms with Gasteiger partial charge in [0.1, 0.15) is 5.78 Å². The number of hydrogen-bond acceptors (Lipinski definition) is 6. The molecule has 0 bridgehead atoms. The molecule has 1 saturated carbocycles. The van der Waals surface area contributed by atoms with Gasteiger partial charge in [0.2, 0.25) is 0 Å². The fourth-order valence-corrected chi connectivity index (χ4v) is 2.79. The Kier molecular flexibility index (Phi) is 4.20. The summed E-state index contributed by atoms with van der Waals surface area (Å²) in [5, 5.41) is 0.850. The number of amides is 2. The number of Topliss-reactive ketones (excluding diaryl/α,β-unsaturated/α-hetero) is 1. The molecule has 1 aliphatic carbocycles. The van der Waals surface area contributed by atoms with Crippen LogP contribution in [0.2, 0.25) is 0 Å². The number of rotatable bonds is 4. The van der Waals surface area contributed by atoms with E-state index in [-0.39, 0.29) is 18.4 Å². The molecule has 1 aromatic rings. The number of carbonyl (C=O) groups excluding carboxylic acids is 4. The second-order valence-corrected chi connectivity index (χ2v) is 5.57. The molecule has 7 heteroatoms. The average molecular weight is 316 g/mol. The second-order valence-electron chi connectivity index (χ2n) is 5.57. The van der Waals surface area contributed by atoms with Crippen LogP contribution >= 0.6 is 0 Å². The zero-order valence-corrected chi connectivity index (χ0v) is 12.4. The lowest BCUT2D eigenvalue weighted by Crippen LogP contribution is -2.44. The van der Waals surface area contributed by atoms with E-state index in [4.69, 9.17) is 4.74 Å². The third kappa shape index (κ3) is 3.00. The van der Waals surface area contributed by atoms with Gasteiger partial charge in [0.05, 0.1) is 17.0 Å². The number of esters is 1. The molecule has 3 rings (SSSR count). The molecular formula is C16H16N2O5. The molecule has 1 aliphatic heterocycles. The summed E-state index contributed by atoms with van der Waals surface area (Å²) in [4.78, 5) is 47.2. The van der Waals surface area contributed by atoms with Crippen molar-refractivity contribution < 1.29 is 23.9 Å². The number of imide groups is 1. The Balaban J connectivity index is 1.52. The number of ether oxygens (including phenoxy) is 1. The topological polar surface area (TPSA) is 92.8 Å². The first-order valence-electron chi connectivity index (χ1n) is 7.47. The van der Waals surface area contributed by atoms with Crippen molar-refractivity contribution in [3.05, 3.63) is 35.4 Å². The van der Waals surface area contributed by atoms with Crippen LogP contribution in [0.15, 0.2) is 24.3 Å². The number of hydrazine groups is 1. The molecule has 1 N–H and O–H groups in total. The molecule has 1 heterocycles. The van der Waals surface area contributed by atoms with E-state index in [1.165, 1.54) is 0 Å². The van der Waals surface area contributed by atoms with Crippen LogP contribution in [0.4, 0.5) is 0 Å². The fourth-order valence-electron chi connectivity index (χ4n) is 2.79. The monoisotopic (exact) mass is 316 g/mol. The van der Waals surface area contributed by atoms with Gasteiger partial charge in [-0.3, -0.25) is 19.2 Å². The summed E-state index contributed by atoms with van der Waals surface area (Å²) in [6, 6.07) is 6.50. The second kappa shape index (κ2) is 6.29. The Labute approximate surface area is 132 Å². The lowest BCUT2D eigenvalue weighted by Gasteiger charge is -2.20. The van der Waals surface area contributed by atoms with E-state index in [0.717, 1.165) is 5.01 Å². The maximum atomic E-state index is 12.1. The highest BCUT2D eigenvalue weighted by molar-refractivity contribution is 6.20. The third-order valence-electron chi connectivity index (χ3n) is 4.11. The van der Waals surface area contributed by atoms with Gasteiger partial charge in [0.25, 0.3) is 11.8 Å². The number of fused-ring (bicyclic) bond motifs is 1. The minimum Gasteiger partial charge on any atom is -0.448 e. The van der Waals surface area contributed by atoms with Crippen molar-refractivity contribution in [3.8, 4) is 0 Å². The Hall–Kier alpha value is -2.54. The maximum Gasteiger partial charge on any atom is 0.310 e. The highest BCUT2D eigenvalue weighted by Crippen LogP contribution is 2.23. The van der Waals surface area contributed by atoms with E-state index in [1.807, 2.05) is 0 Å². The van der Waals surface area contributed by atoms with E-state index >= 15 is 0 Å². The summed E-state index contributed by atoms with van der Waals surface area (Å²) in [5.74, 6) is -1.48. The maximum absolute atomic E-state index is 12.1. The minimum atomic E-state index is -0.468.